The lowest BCUT2D eigenvalue weighted by molar-refractivity contribution is -0.274. The third-order valence-corrected chi connectivity index (χ3v) is 4.83. The summed E-state index contributed by atoms with van der Waals surface area (Å²) in [5, 5.41) is 0. The molecule has 0 amide bonds. The van der Waals surface area contributed by atoms with Crippen LogP contribution in [0.4, 0.5) is 13.2 Å². The van der Waals surface area contributed by atoms with Crippen molar-refractivity contribution in [3.8, 4) is 17.2 Å². The van der Waals surface area contributed by atoms with Gasteiger partial charge in [-0.1, -0.05) is 6.92 Å². The number of halogens is 3. The highest BCUT2D eigenvalue weighted by molar-refractivity contribution is 5.91. The van der Waals surface area contributed by atoms with Crippen LogP contribution in [0.15, 0.2) is 48.5 Å². The van der Waals surface area contributed by atoms with E-state index in [-0.39, 0.29) is 16.7 Å². The summed E-state index contributed by atoms with van der Waals surface area (Å²) in [6.07, 6.45) is -3.77. The molecule has 1 heterocycles. The minimum atomic E-state index is -4.78. The van der Waals surface area contributed by atoms with Crippen molar-refractivity contribution < 1.29 is 41.7 Å². The summed E-state index contributed by atoms with van der Waals surface area (Å²) in [4.78, 5) is 12.2. The monoisotopic (exact) mass is 440 g/mol. The van der Waals surface area contributed by atoms with Crippen LogP contribution in [0.25, 0.3) is 0 Å². The van der Waals surface area contributed by atoms with E-state index in [1.54, 1.807) is 12.1 Å². The van der Waals surface area contributed by atoms with Crippen molar-refractivity contribution in [2.75, 3.05) is 33.0 Å². The normalized spacial score (nSPS) is 15.1. The van der Waals surface area contributed by atoms with Gasteiger partial charge in [0.05, 0.1) is 32.0 Å². The Labute approximate surface area is 177 Å². The highest BCUT2D eigenvalue weighted by Gasteiger charge is 2.36. The van der Waals surface area contributed by atoms with E-state index in [1.165, 1.54) is 24.3 Å². The number of carbonyl (C=O) groups is 1. The van der Waals surface area contributed by atoms with Gasteiger partial charge in [0.25, 0.3) is 0 Å². The van der Waals surface area contributed by atoms with Gasteiger partial charge in [-0.05, 0) is 55.0 Å². The van der Waals surface area contributed by atoms with Crippen LogP contribution in [-0.2, 0) is 9.47 Å². The van der Waals surface area contributed by atoms with Crippen molar-refractivity contribution >= 4 is 5.97 Å². The van der Waals surface area contributed by atoms with Crippen molar-refractivity contribution in [2.24, 2.45) is 5.41 Å². The average Bonchev–Trinajstić information content (AvgIpc) is 2.70. The molecule has 0 unspecified atom stereocenters. The molecule has 31 heavy (non-hydrogen) atoms. The Kier molecular flexibility index (Phi) is 7.40. The fourth-order valence-corrected chi connectivity index (χ4v) is 2.85. The molecule has 9 heteroatoms. The molecule has 3 rings (SSSR count). The second kappa shape index (κ2) is 10.0. The molecule has 0 N–H and O–H groups in total. The van der Waals surface area contributed by atoms with Crippen molar-refractivity contribution in [1.29, 1.82) is 0 Å². The maximum Gasteiger partial charge on any atom is 0.573 e. The number of carbonyl (C=O) groups excluding carboxylic acids is 1. The van der Waals surface area contributed by atoms with Crippen LogP contribution in [-0.4, -0.2) is 45.4 Å². The minimum Gasteiger partial charge on any atom is -0.491 e. The number of hydrogen-bond donors (Lipinski definition) is 0. The molecular weight excluding hydrogens is 417 g/mol. The van der Waals surface area contributed by atoms with Gasteiger partial charge in [-0.2, -0.15) is 0 Å². The second-order valence-corrected chi connectivity index (χ2v) is 7.18. The van der Waals surface area contributed by atoms with Crippen LogP contribution < -0.4 is 14.2 Å². The van der Waals surface area contributed by atoms with Crippen LogP contribution in [0.2, 0.25) is 0 Å². The summed E-state index contributed by atoms with van der Waals surface area (Å²) in [5.41, 5.74) is 0.405. The third kappa shape index (κ3) is 6.86. The van der Waals surface area contributed by atoms with Gasteiger partial charge in [-0.15, -0.1) is 13.2 Å². The maximum atomic E-state index is 12.2. The first kappa shape index (κ1) is 22.9. The molecule has 1 saturated heterocycles. The Bertz CT molecular complexity index is 840. The van der Waals surface area contributed by atoms with E-state index in [0.717, 1.165) is 31.8 Å². The molecule has 0 aliphatic carbocycles. The van der Waals surface area contributed by atoms with E-state index in [2.05, 4.69) is 11.7 Å². The first-order valence-corrected chi connectivity index (χ1v) is 9.75. The van der Waals surface area contributed by atoms with Gasteiger partial charge in [-0.3, -0.25) is 0 Å². The first-order chi connectivity index (χ1) is 14.8. The lowest BCUT2D eigenvalue weighted by Gasteiger charge is -2.40. The molecule has 0 aromatic heterocycles. The van der Waals surface area contributed by atoms with Gasteiger partial charge in [0, 0.05) is 5.41 Å². The Morgan fingerprint density at radius 3 is 2.13 bits per heavy atom. The molecule has 0 saturated carbocycles. The molecular formula is C22H23F3O6. The maximum absolute atomic E-state index is 12.2. The van der Waals surface area contributed by atoms with Gasteiger partial charge in [0.1, 0.15) is 23.9 Å². The molecule has 1 fully saturated rings. The minimum absolute atomic E-state index is 0.0960. The zero-order chi connectivity index (χ0) is 22.3. The Morgan fingerprint density at radius 1 is 0.968 bits per heavy atom. The van der Waals surface area contributed by atoms with Crippen LogP contribution in [0.3, 0.4) is 0 Å². The molecule has 0 bridgehead atoms. The standard InChI is InChI=1S/C22H23F3O6/c1-2-21(14-28-15-21)13-27-11-12-29-17-5-3-16(4-6-17)20(26)30-18-7-9-19(10-8-18)31-22(23,24)25/h3-10H,2,11-15H2,1H3. The number of alkyl halides is 3. The number of benzene rings is 2. The van der Waals surface area contributed by atoms with E-state index < -0.39 is 18.1 Å². The molecule has 1 aliphatic rings. The molecule has 0 spiro atoms. The quantitative estimate of drug-likeness (QED) is 0.305. The van der Waals surface area contributed by atoms with Crippen LogP contribution >= 0.6 is 0 Å². The SMILES string of the molecule is CCC1(COCCOc2ccc(C(=O)Oc3ccc(OC(F)(F)F)cc3)cc2)COC1. The fraction of sp³-hybridized carbons (Fsp3) is 0.409. The average molecular weight is 440 g/mol. The lowest BCUT2D eigenvalue weighted by Crippen LogP contribution is -2.45. The molecule has 2 aromatic rings. The fourth-order valence-electron chi connectivity index (χ4n) is 2.85. The summed E-state index contributed by atoms with van der Waals surface area (Å²) < 4.78 is 61.9. The van der Waals surface area contributed by atoms with Crippen molar-refractivity contribution in [2.45, 2.75) is 19.7 Å². The summed E-state index contributed by atoms with van der Waals surface area (Å²) in [6, 6.07) is 10.9. The number of rotatable bonds is 10. The number of ether oxygens (including phenoxy) is 5. The summed E-state index contributed by atoms with van der Waals surface area (Å²) in [7, 11) is 0. The Morgan fingerprint density at radius 2 is 1.58 bits per heavy atom. The van der Waals surface area contributed by atoms with Crippen molar-refractivity contribution in [1.82, 2.24) is 0 Å². The van der Waals surface area contributed by atoms with Gasteiger partial charge in [-0.25, -0.2) is 4.79 Å². The van der Waals surface area contributed by atoms with E-state index >= 15 is 0 Å². The molecule has 168 valence electrons. The van der Waals surface area contributed by atoms with Crippen LogP contribution in [0.1, 0.15) is 23.7 Å². The molecule has 0 radical (unpaired) electrons. The predicted octanol–water partition coefficient (Wildman–Crippen LogP) is 4.63. The van der Waals surface area contributed by atoms with Gasteiger partial charge < -0.3 is 23.7 Å². The van der Waals surface area contributed by atoms with Crippen LogP contribution in [0.5, 0.6) is 17.2 Å². The molecule has 1 aliphatic heterocycles. The van der Waals surface area contributed by atoms with Crippen LogP contribution in [0, 0.1) is 5.41 Å². The van der Waals surface area contributed by atoms with Crippen molar-refractivity contribution in [3.05, 3.63) is 54.1 Å². The van der Waals surface area contributed by atoms with E-state index in [9.17, 15) is 18.0 Å². The number of hydrogen-bond acceptors (Lipinski definition) is 6. The molecule has 6 nitrogen and oxygen atoms in total. The van der Waals surface area contributed by atoms with E-state index in [0.29, 0.717) is 25.6 Å². The molecule has 2 aromatic carbocycles. The topological polar surface area (TPSA) is 63.2 Å². The Hall–Kier alpha value is -2.78. The Balaban J connectivity index is 1.41. The highest BCUT2D eigenvalue weighted by Crippen LogP contribution is 2.31. The first-order valence-electron chi connectivity index (χ1n) is 9.75. The zero-order valence-corrected chi connectivity index (χ0v) is 16.9. The smallest absolute Gasteiger partial charge is 0.491 e. The molecule has 0 atom stereocenters. The lowest BCUT2D eigenvalue weighted by atomic mass is 9.84. The van der Waals surface area contributed by atoms with Crippen molar-refractivity contribution in [3.63, 3.8) is 0 Å². The van der Waals surface area contributed by atoms with E-state index in [4.69, 9.17) is 18.9 Å². The highest BCUT2D eigenvalue weighted by atomic mass is 19.4. The predicted molar refractivity (Wildman–Crippen MR) is 104 cm³/mol. The second-order valence-electron chi connectivity index (χ2n) is 7.18. The number of esters is 1. The summed E-state index contributed by atoms with van der Waals surface area (Å²) in [5.74, 6) is -0.375. The van der Waals surface area contributed by atoms with E-state index in [1.807, 2.05) is 0 Å². The van der Waals surface area contributed by atoms with Gasteiger partial charge in [0.2, 0.25) is 0 Å². The zero-order valence-electron chi connectivity index (χ0n) is 16.9. The largest absolute Gasteiger partial charge is 0.573 e. The summed E-state index contributed by atoms with van der Waals surface area (Å²) >= 11 is 0. The van der Waals surface area contributed by atoms with Gasteiger partial charge in [0.15, 0.2) is 0 Å². The summed E-state index contributed by atoms with van der Waals surface area (Å²) in [6.45, 7) is 5.03. The van der Waals surface area contributed by atoms with Gasteiger partial charge >= 0.3 is 12.3 Å². The third-order valence-electron chi connectivity index (χ3n) is 4.83.